The summed E-state index contributed by atoms with van der Waals surface area (Å²) in [5, 5.41) is 0.717. The first-order valence-corrected chi connectivity index (χ1v) is 12.1. The van der Waals surface area contributed by atoms with Crippen LogP contribution in [0.3, 0.4) is 0 Å². The highest BCUT2D eigenvalue weighted by molar-refractivity contribution is 14.1. The van der Waals surface area contributed by atoms with Gasteiger partial charge in [0.1, 0.15) is 0 Å². The van der Waals surface area contributed by atoms with Gasteiger partial charge in [-0.15, -0.1) is 0 Å². The molecule has 4 heteroatoms. The molecule has 0 aliphatic carbocycles. The summed E-state index contributed by atoms with van der Waals surface area (Å²) in [6, 6.07) is 39.3. The summed E-state index contributed by atoms with van der Waals surface area (Å²) in [6.45, 7) is 0. The Morgan fingerprint density at radius 3 is 1.94 bits per heavy atom. The third-order valence-corrected chi connectivity index (χ3v) is 6.38. The number of halogens is 2. The summed E-state index contributed by atoms with van der Waals surface area (Å²) < 4.78 is 3.48. The second-order valence-corrected chi connectivity index (χ2v) is 9.29. The highest BCUT2D eigenvalue weighted by atomic mass is 127. The van der Waals surface area contributed by atoms with Crippen LogP contribution >= 0.6 is 34.2 Å². The summed E-state index contributed by atoms with van der Waals surface area (Å²) >= 11 is 8.52. The Kier molecular flexibility index (Phi) is 6.42. The molecule has 4 aromatic carbocycles. The molecule has 0 bridgehead atoms. The third kappa shape index (κ3) is 4.80. The molecule has 1 aromatic heterocycles. The molecule has 0 atom stereocenters. The zero-order chi connectivity index (χ0) is 22.6. The van der Waals surface area contributed by atoms with Gasteiger partial charge in [-0.2, -0.15) is 0 Å². The first-order valence-electron chi connectivity index (χ1n) is 10.6. The van der Waals surface area contributed by atoms with Crippen LogP contribution in [0.4, 0.5) is 5.69 Å². The van der Waals surface area contributed by atoms with Crippen molar-refractivity contribution in [3.8, 4) is 28.2 Å². The van der Waals surface area contributed by atoms with Gasteiger partial charge < -0.3 is 4.57 Å². The van der Waals surface area contributed by atoms with E-state index in [4.69, 9.17) is 16.6 Å². The van der Waals surface area contributed by atoms with Crippen molar-refractivity contribution in [1.82, 2.24) is 4.57 Å². The summed E-state index contributed by atoms with van der Waals surface area (Å²) in [6.07, 6.45) is 1.96. The number of aromatic nitrogens is 1. The fourth-order valence-corrected chi connectivity index (χ4v) is 4.36. The van der Waals surface area contributed by atoms with Crippen molar-refractivity contribution in [3.05, 3.63) is 129 Å². The Hall–Kier alpha value is -3.15. The van der Waals surface area contributed by atoms with E-state index in [0.717, 1.165) is 39.5 Å². The zero-order valence-corrected chi connectivity index (χ0v) is 20.6. The second-order valence-electron chi connectivity index (χ2n) is 7.61. The van der Waals surface area contributed by atoms with E-state index in [1.807, 2.05) is 42.6 Å². The van der Waals surface area contributed by atoms with Gasteiger partial charge in [0.05, 0.1) is 17.1 Å². The average Bonchev–Trinajstić information content (AvgIpc) is 3.25. The zero-order valence-electron chi connectivity index (χ0n) is 17.7. The normalized spacial score (nSPS) is 11.2. The molecule has 5 aromatic rings. The highest BCUT2D eigenvalue weighted by Gasteiger charge is 2.18. The largest absolute Gasteiger partial charge is 0.309 e. The minimum absolute atomic E-state index is 0.717. The number of hydrogen-bond donors (Lipinski definition) is 0. The van der Waals surface area contributed by atoms with Gasteiger partial charge in [0, 0.05) is 26.1 Å². The fraction of sp³-hybridized carbons (Fsp3) is 0. The summed E-state index contributed by atoms with van der Waals surface area (Å²) in [4.78, 5) is 4.80. The third-order valence-electron chi connectivity index (χ3n) is 5.41. The first-order chi connectivity index (χ1) is 16.2. The van der Waals surface area contributed by atoms with Crippen LogP contribution in [0.1, 0.15) is 5.56 Å². The molecule has 0 spiro atoms. The molecular formula is C29H20ClIN2. The Labute approximate surface area is 212 Å². The number of hydrogen-bond acceptors (Lipinski definition) is 1. The molecule has 0 amide bonds. The lowest BCUT2D eigenvalue weighted by Crippen LogP contribution is -2.00. The van der Waals surface area contributed by atoms with Gasteiger partial charge in [-0.25, -0.2) is 0 Å². The molecule has 0 aliphatic heterocycles. The lowest BCUT2D eigenvalue weighted by Gasteiger charge is -2.15. The predicted molar refractivity (Wildman–Crippen MR) is 148 cm³/mol. The van der Waals surface area contributed by atoms with E-state index in [0.29, 0.717) is 5.02 Å². The molecule has 1 heterocycles. The average molecular weight is 559 g/mol. The van der Waals surface area contributed by atoms with Gasteiger partial charge in [0.25, 0.3) is 0 Å². The van der Waals surface area contributed by atoms with E-state index in [1.165, 1.54) is 3.57 Å². The quantitative estimate of drug-likeness (QED) is 0.151. The van der Waals surface area contributed by atoms with Crippen molar-refractivity contribution < 1.29 is 0 Å². The van der Waals surface area contributed by atoms with Crippen molar-refractivity contribution in [2.75, 3.05) is 0 Å². The smallest absolute Gasteiger partial charge is 0.0630 e. The monoisotopic (exact) mass is 558 g/mol. The molecule has 33 heavy (non-hydrogen) atoms. The second kappa shape index (κ2) is 9.77. The van der Waals surface area contributed by atoms with Crippen LogP contribution in [0.2, 0.25) is 5.02 Å². The van der Waals surface area contributed by atoms with E-state index in [1.54, 1.807) is 0 Å². The van der Waals surface area contributed by atoms with E-state index >= 15 is 0 Å². The summed E-state index contributed by atoms with van der Waals surface area (Å²) in [5.74, 6) is 0. The molecule has 0 N–H and O–H groups in total. The van der Waals surface area contributed by atoms with Crippen LogP contribution in [0.5, 0.6) is 0 Å². The van der Waals surface area contributed by atoms with Gasteiger partial charge in [0.15, 0.2) is 0 Å². The van der Waals surface area contributed by atoms with Gasteiger partial charge in [0.2, 0.25) is 0 Å². The highest BCUT2D eigenvalue weighted by Crippen LogP contribution is 2.36. The molecule has 5 rings (SSSR count). The van der Waals surface area contributed by atoms with Crippen molar-refractivity contribution in [2.24, 2.45) is 4.99 Å². The molecule has 160 valence electrons. The lowest BCUT2D eigenvalue weighted by atomic mass is 10.1. The lowest BCUT2D eigenvalue weighted by molar-refractivity contribution is 1.09. The fourth-order valence-electron chi connectivity index (χ4n) is 3.87. The molecule has 0 saturated carbocycles. The van der Waals surface area contributed by atoms with Crippen LogP contribution in [-0.4, -0.2) is 10.8 Å². The molecule has 0 unspecified atom stereocenters. The van der Waals surface area contributed by atoms with Crippen molar-refractivity contribution in [3.63, 3.8) is 0 Å². The molecule has 2 nitrogen and oxygen atoms in total. The van der Waals surface area contributed by atoms with Crippen LogP contribution < -0.4 is 0 Å². The standard InChI is InChI=1S/C29H20ClIN2/c30-24-11-17-27(18-12-24)33-28(21-7-3-1-4-8-21)19-23(29(33)22-9-5-2-6-10-22)20-32-26-15-13-25(31)14-16-26/h1-20H. The summed E-state index contributed by atoms with van der Waals surface area (Å²) in [5.41, 5.74) is 7.47. The van der Waals surface area contributed by atoms with E-state index in [-0.39, 0.29) is 0 Å². The topological polar surface area (TPSA) is 17.3 Å². The van der Waals surface area contributed by atoms with Crippen molar-refractivity contribution in [1.29, 1.82) is 0 Å². The SMILES string of the molecule is Clc1ccc(-n2c(-c3ccccc3)cc(C=Nc3ccc(I)cc3)c2-c2ccccc2)cc1. The molecule has 0 fully saturated rings. The van der Waals surface area contributed by atoms with E-state index in [2.05, 4.69) is 106 Å². The maximum absolute atomic E-state index is 6.22. The van der Waals surface area contributed by atoms with E-state index in [9.17, 15) is 0 Å². The van der Waals surface area contributed by atoms with Gasteiger partial charge in [-0.1, -0.05) is 72.3 Å². The van der Waals surface area contributed by atoms with Crippen LogP contribution in [-0.2, 0) is 0 Å². The number of rotatable bonds is 5. The van der Waals surface area contributed by atoms with Gasteiger partial charge in [-0.3, -0.25) is 4.99 Å². The Morgan fingerprint density at radius 2 is 1.30 bits per heavy atom. The molecular weight excluding hydrogens is 539 g/mol. The number of nitrogens with zero attached hydrogens (tertiary/aromatic N) is 2. The van der Waals surface area contributed by atoms with E-state index < -0.39 is 0 Å². The predicted octanol–water partition coefficient (Wildman–Crippen LogP) is 8.82. The molecule has 0 saturated heterocycles. The van der Waals surface area contributed by atoms with Crippen LogP contribution in [0, 0.1) is 3.57 Å². The minimum atomic E-state index is 0.717. The number of aliphatic imine (C=N–C) groups is 1. The van der Waals surface area contributed by atoms with Crippen LogP contribution in [0.15, 0.2) is 120 Å². The number of benzene rings is 4. The molecule has 0 radical (unpaired) electrons. The van der Waals surface area contributed by atoms with Gasteiger partial charge >= 0.3 is 0 Å². The maximum atomic E-state index is 6.22. The Bertz CT molecular complexity index is 1390. The van der Waals surface area contributed by atoms with Crippen molar-refractivity contribution in [2.45, 2.75) is 0 Å². The Balaban J connectivity index is 1.76. The Morgan fingerprint density at radius 1 is 0.697 bits per heavy atom. The van der Waals surface area contributed by atoms with Crippen LogP contribution in [0.25, 0.3) is 28.2 Å². The van der Waals surface area contributed by atoms with Crippen molar-refractivity contribution >= 4 is 46.1 Å². The summed E-state index contributed by atoms with van der Waals surface area (Å²) in [7, 11) is 0. The maximum Gasteiger partial charge on any atom is 0.0630 e. The van der Waals surface area contributed by atoms with Gasteiger partial charge in [-0.05, 0) is 88.3 Å². The molecule has 0 aliphatic rings. The minimum Gasteiger partial charge on any atom is -0.309 e. The first kappa shape index (κ1) is 21.7.